The Morgan fingerprint density at radius 2 is 1.86 bits per heavy atom. The Labute approximate surface area is 86.5 Å². The summed E-state index contributed by atoms with van der Waals surface area (Å²) in [6.07, 6.45) is 2.36. The molecule has 3 nitrogen and oxygen atoms in total. The topological polar surface area (TPSA) is 46.5 Å². The van der Waals surface area contributed by atoms with Crippen molar-refractivity contribution in [3.8, 4) is 0 Å². The summed E-state index contributed by atoms with van der Waals surface area (Å²) < 4.78 is 5.36. The van der Waals surface area contributed by atoms with Gasteiger partial charge in [0.2, 0.25) is 0 Å². The van der Waals surface area contributed by atoms with Crippen LogP contribution in [0.1, 0.15) is 40.0 Å². The second-order valence-electron chi connectivity index (χ2n) is 4.03. The van der Waals surface area contributed by atoms with Crippen LogP contribution in [-0.2, 0) is 9.53 Å². The highest BCUT2D eigenvalue weighted by Crippen LogP contribution is 2.08. The van der Waals surface area contributed by atoms with Crippen molar-refractivity contribution < 1.29 is 14.6 Å². The second kappa shape index (κ2) is 7.80. The lowest BCUT2D eigenvalue weighted by atomic mass is 10.0. The molecule has 1 N–H and O–H groups in total. The third kappa shape index (κ3) is 6.89. The van der Waals surface area contributed by atoms with Gasteiger partial charge in [-0.15, -0.1) is 0 Å². The van der Waals surface area contributed by atoms with Gasteiger partial charge in [0.05, 0.1) is 5.92 Å². The molecule has 0 aromatic rings. The Morgan fingerprint density at radius 3 is 2.29 bits per heavy atom. The van der Waals surface area contributed by atoms with E-state index in [1.54, 1.807) is 0 Å². The molecule has 0 fully saturated rings. The first-order valence-corrected chi connectivity index (χ1v) is 5.38. The van der Waals surface area contributed by atoms with Crippen LogP contribution in [-0.4, -0.2) is 24.3 Å². The van der Waals surface area contributed by atoms with Gasteiger partial charge >= 0.3 is 5.97 Å². The minimum Gasteiger partial charge on any atom is -0.481 e. The molecule has 0 aliphatic heterocycles. The third-order valence-corrected chi connectivity index (χ3v) is 2.29. The summed E-state index contributed by atoms with van der Waals surface area (Å²) in [5.41, 5.74) is 0. The van der Waals surface area contributed by atoms with Gasteiger partial charge in [-0.25, -0.2) is 0 Å². The van der Waals surface area contributed by atoms with Gasteiger partial charge in [0.1, 0.15) is 0 Å². The Bertz CT molecular complexity index is 155. The zero-order chi connectivity index (χ0) is 11.0. The van der Waals surface area contributed by atoms with Crippen molar-refractivity contribution >= 4 is 5.97 Å². The number of ether oxygens (including phenoxy) is 1. The zero-order valence-electron chi connectivity index (χ0n) is 9.45. The second-order valence-corrected chi connectivity index (χ2v) is 4.03. The van der Waals surface area contributed by atoms with E-state index in [9.17, 15) is 4.79 Å². The smallest absolute Gasteiger partial charge is 0.306 e. The zero-order valence-corrected chi connectivity index (χ0v) is 9.45. The predicted octanol–water partition coefficient (Wildman–Crippen LogP) is 2.55. The number of carboxylic acid groups (broad SMARTS) is 1. The van der Waals surface area contributed by atoms with Crippen molar-refractivity contribution in [2.24, 2.45) is 11.8 Å². The predicted molar refractivity (Wildman–Crippen MR) is 56.3 cm³/mol. The Balaban J connectivity index is 3.38. The van der Waals surface area contributed by atoms with Crippen molar-refractivity contribution in [2.45, 2.75) is 40.0 Å². The summed E-state index contributed by atoms with van der Waals surface area (Å²) in [5.74, 6) is -0.301. The van der Waals surface area contributed by atoms with Crippen molar-refractivity contribution in [1.82, 2.24) is 0 Å². The van der Waals surface area contributed by atoms with Crippen LogP contribution in [0.2, 0.25) is 0 Å². The minimum atomic E-state index is -0.708. The summed E-state index contributed by atoms with van der Waals surface area (Å²) in [6.45, 7) is 7.50. The lowest BCUT2D eigenvalue weighted by Crippen LogP contribution is -2.15. The molecule has 0 radical (unpaired) electrons. The SMILES string of the molecule is CCC(CCOCCC(C)C)C(=O)O. The molecule has 0 aliphatic carbocycles. The van der Waals surface area contributed by atoms with Gasteiger partial charge in [0.15, 0.2) is 0 Å². The molecule has 0 spiro atoms. The molecule has 3 heteroatoms. The summed E-state index contributed by atoms with van der Waals surface area (Å²) in [5, 5.41) is 8.76. The van der Waals surface area contributed by atoms with Crippen molar-refractivity contribution in [1.29, 1.82) is 0 Å². The normalized spacial score (nSPS) is 13.1. The van der Waals surface area contributed by atoms with Crippen LogP contribution in [0.15, 0.2) is 0 Å². The fourth-order valence-electron chi connectivity index (χ4n) is 1.15. The van der Waals surface area contributed by atoms with E-state index in [0.29, 0.717) is 25.4 Å². The fraction of sp³-hybridized carbons (Fsp3) is 0.909. The van der Waals surface area contributed by atoms with Crippen molar-refractivity contribution in [3.63, 3.8) is 0 Å². The molecule has 0 heterocycles. The maximum atomic E-state index is 10.6. The summed E-state index contributed by atoms with van der Waals surface area (Å²) >= 11 is 0. The number of hydrogen-bond acceptors (Lipinski definition) is 2. The van der Waals surface area contributed by atoms with E-state index in [0.717, 1.165) is 13.0 Å². The van der Waals surface area contributed by atoms with Gasteiger partial charge in [-0.05, 0) is 25.2 Å². The molecule has 14 heavy (non-hydrogen) atoms. The van der Waals surface area contributed by atoms with Gasteiger partial charge in [0.25, 0.3) is 0 Å². The number of rotatable bonds is 8. The van der Waals surface area contributed by atoms with Crippen LogP contribution in [0.3, 0.4) is 0 Å². The van der Waals surface area contributed by atoms with E-state index in [2.05, 4.69) is 13.8 Å². The van der Waals surface area contributed by atoms with Gasteiger partial charge in [0, 0.05) is 13.2 Å². The Hall–Kier alpha value is -0.570. The summed E-state index contributed by atoms with van der Waals surface area (Å²) in [4.78, 5) is 10.6. The molecule has 0 rings (SSSR count). The first kappa shape index (κ1) is 13.4. The lowest BCUT2D eigenvalue weighted by molar-refractivity contribution is -0.142. The Morgan fingerprint density at radius 1 is 1.29 bits per heavy atom. The summed E-state index contributed by atoms with van der Waals surface area (Å²) in [6, 6.07) is 0. The summed E-state index contributed by atoms with van der Waals surface area (Å²) in [7, 11) is 0. The van der Waals surface area contributed by atoms with E-state index in [1.165, 1.54) is 0 Å². The minimum absolute atomic E-state index is 0.242. The highest BCUT2D eigenvalue weighted by molar-refractivity contribution is 5.69. The monoisotopic (exact) mass is 202 g/mol. The maximum Gasteiger partial charge on any atom is 0.306 e. The van der Waals surface area contributed by atoms with Gasteiger partial charge in [-0.2, -0.15) is 0 Å². The molecular weight excluding hydrogens is 180 g/mol. The first-order chi connectivity index (χ1) is 6.57. The molecule has 0 saturated heterocycles. The third-order valence-electron chi connectivity index (χ3n) is 2.29. The van der Waals surface area contributed by atoms with Gasteiger partial charge in [-0.3, -0.25) is 4.79 Å². The van der Waals surface area contributed by atoms with E-state index >= 15 is 0 Å². The molecule has 0 aromatic heterocycles. The standard InChI is InChI=1S/C11H22O3/c1-4-10(11(12)13)6-8-14-7-5-9(2)3/h9-10H,4-8H2,1-3H3,(H,12,13). The van der Waals surface area contributed by atoms with E-state index in [4.69, 9.17) is 9.84 Å². The van der Waals surface area contributed by atoms with Crippen molar-refractivity contribution in [2.75, 3.05) is 13.2 Å². The number of aliphatic carboxylic acids is 1. The number of hydrogen-bond donors (Lipinski definition) is 1. The van der Waals surface area contributed by atoms with Crippen LogP contribution in [0, 0.1) is 11.8 Å². The first-order valence-electron chi connectivity index (χ1n) is 5.38. The fourth-order valence-corrected chi connectivity index (χ4v) is 1.15. The highest BCUT2D eigenvalue weighted by atomic mass is 16.5. The van der Waals surface area contributed by atoms with Crippen LogP contribution >= 0.6 is 0 Å². The molecule has 84 valence electrons. The molecule has 0 bridgehead atoms. The van der Waals surface area contributed by atoms with E-state index in [-0.39, 0.29) is 5.92 Å². The van der Waals surface area contributed by atoms with Crippen LogP contribution in [0.25, 0.3) is 0 Å². The van der Waals surface area contributed by atoms with Crippen LogP contribution in [0.4, 0.5) is 0 Å². The molecule has 0 amide bonds. The van der Waals surface area contributed by atoms with E-state index < -0.39 is 5.97 Å². The lowest BCUT2D eigenvalue weighted by Gasteiger charge is -2.10. The van der Waals surface area contributed by atoms with Gasteiger partial charge < -0.3 is 9.84 Å². The van der Waals surface area contributed by atoms with Crippen LogP contribution < -0.4 is 0 Å². The molecular formula is C11H22O3. The largest absolute Gasteiger partial charge is 0.481 e. The van der Waals surface area contributed by atoms with Gasteiger partial charge in [-0.1, -0.05) is 20.8 Å². The molecule has 1 atom stereocenters. The highest BCUT2D eigenvalue weighted by Gasteiger charge is 2.13. The van der Waals surface area contributed by atoms with Crippen molar-refractivity contribution in [3.05, 3.63) is 0 Å². The molecule has 0 aromatic carbocycles. The molecule has 1 unspecified atom stereocenters. The quantitative estimate of drug-likeness (QED) is 0.615. The number of carboxylic acids is 1. The average molecular weight is 202 g/mol. The Kier molecular flexibility index (Phi) is 7.48. The number of carbonyl (C=O) groups is 1. The maximum absolute atomic E-state index is 10.6. The van der Waals surface area contributed by atoms with E-state index in [1.807, 2.05) is 6.92 Å². The molecule has 0 aliphatic rings. The average Bonchev–Trinajstić information content (AvgIpc) is 2.10. The molecule has 0 saturated carbocycles. The van der Waals surface area contributed by atoms with Crippen LogP contribution in [0.5, 0.6) is 0 Å².